The molecule has 1 aromatic heterocycles. The first kappa shape index (κ1) is 14.8. The van der Waals surface area contributed by atoms with Crippen molar-refractivity contribution in [2.24, 2.45) is 0 Å². The fourth-order valence-electron chi connectivity index (χ4n) is 2.41. The summed E-state index contributed by atoms with van der Waals surface area (Å²) in [5, 5.41) is 0.339. The first-order valence-electron chi connectivity index (χ1n) is 6.59. The predicted molar refractivity (Wildman–Crippen MR) is 71.4 cm³/mol. The van der Waals surface area contributed by atoms with Crippen molar-refractivity contribution in [3.05, 3.63) is 12.0 Å². The van der Waals surface area contributed by atoms with Crippen LogP contribution in [0.2, 0.25) is 0 Å². The number of carbonyl (C=O) groups is 5. The molecule has 11 heteroatoms. The lowest BCUT2D eigenvalue weighted by atomic mass is 10.2. The van der Waals surface area contributed by atoms with Gasteiger partial charge in [0.15, 0.2) is 0 Å². The van der Waals surface area contributed by atoms with Crippen LogP contribution < -0.4 is 4.48 Å². The van der Waals surface area contributed by atoms with E-state index in [9.17, 15) is 24.0 Å². The number of imidazole rings is 1. The Hall–Kier alpha value is -3.08. The zero-order valence-corrected chi connectivity index (χ0v) is 12.2. The third-order valence-electron chi connectivity index (χ3n) is 3.78. The lowest BCUT2D eigenvalue weighted by molar-refractivity contribution is -0.172. The van der Waals surface area contributed by atoms with Gasteiger partial charge in [-0.3, -0.25) is 24.2 Å². The van der Waals surface area contributed by atoms with E-state index in [1.54, 1.807) is 0 Å². The number of hydroxylamine groups is 2. The molecule has 2 aliphatic heterocycles. The number of quaternary nitrogens is 1. The quantitative estimate of drug-likeness (QED) is 0.557. The molecule has 1 aromatic rings. The number of urea groups is 1. The molecule has 0 bridgehead atoms. The molecule has 23 heavy (non-hydrogen) atoms. The molecule has 1 unspecified atom stereocenters. The number of fused-ring (bicyclic) bond motifs is 1. The molecule has 0 aromatic carbocycles. The summed E-state index contributed by atoms with van der Waals surface area (Å²) in [6.07, 6.45) is -0.191. The topological polar surface area (TPSA) is 130 Å². The second kappa shape index (κ2) is 4.71. The number of carbonyl (C=O) groups excluding carboxylic acids is 5. The number of amides is 6. The molecular formula is C12H12N5O6+. The lowest BCUT2D eigenvalue weighted by Crippen LogP contribution is -2.65. The summed E-state index contributed by atoms with van der Waals surface area (Å²) in [6, 6.07) is -0.907. The van der Waals surface area contributed by atoms with Crippen LogP contribution in [0.25, 0.3) is 0 Å². The molecule has 0 radical (unpaired) electrons. The number of hydrogen-bond acceptors (Lipinski definition) is 7. The number of aromatic amines is 1. The van der Waals surface area contributed by atoms with Crippen molar-refractivity contribution in [2.75, 3.05) is 14.1 Å². The fraction of sp³-hybridized carbons (Fsp3) is 0.333. The number of imide groups is 3. The minimum atomic E-state index is -1.21. The molecule has 2 aliphatic rings. The summed E-state index contributed by atoms with van der Waals surface area (Å²) >= 11 is 0. The molecule has 0 aliphatic carbocycles. The van der Waals surface area contributed by atoms with Crippen LogP contribution >= 0.6 is 0 Å². The summed E-state index contributed by atoms with van der Waals surface area (Å²) in [5.41, 5.74) is -0.120. The molecular weight excluding hydrogens is 310 g/mol. The van der Waals surface area contributed by atoms with Gasteiger partial charge in [-0.1, -0.05) is 9.55 Å². The van der Waals surface area contributed by atoms with Crippen LogP contribution in [-0.4, -0.2) is 63.9 Å². The van der Waals surface area contributed by atoms with Gasteiger partial charge in [0.2, 0.25) is 5.69 Å². The average molecular weight is 322 g/mol. The maximum Gasteiger partial charge on any atom is 0.557 e. The highest BCUT2D eigenvalue weighted by Crippen LogP contribution is 2.31. The van der Waals surface area contributed by atoms with Gasteiger partial charge in [0.25, 0.3) is 23.5 Å². The molecule has 120 valence electrons. The largest absolute Gasteiger partial charge is 0.557 e. The number of nitrogens with zero attached hydrogens (tertiary/aromatic N) is 4. The summed E-state index contributed by atoms with van der Waals surface area (Å²) < 4.78 is -1.12. The maximum absolute atomic E-state index is 12.5. The minimum absolute atomic E-state index is 0.0720. The van der Waals surface area contributed by atoms with Crippen molar-refractivity contribution >= 4 is 35.7 Å². The van der Waals surface area contributed by atoms with Gasteiger partial charge in [0.1, 0.15) is 0 Å². The SMILES string of the molecule is CN1C(=O)c2nc[nH]c2[N+](C)(C(=O)ON2C(=O)CCC2=O)C1=O. The Morgan fingerprint density at radius 3 is 2.48 bits per heavy atom. The van der Waals surface area contributed by atoms with E-state index in [-0.39, 0.29) is 24.4 Å². The molecule has 6 amide bonds. The van der Waals surface area contributed by atoms with E-state index >= 15 is 0 Å². The normalized spacial score (nSPS) is 24.3. The molecule has 3 heterocycles. The van der Waals surface area contributed by atoms with E-state index in [4.69, 9.17) is 4.84 Å². The van der Waals surface area contributed by atoms with E-state index in [0.29, 0.717) is 5.06 Å². The van der Waals surface area contributed by atoms with Gasteiger partial charge in [0.05, 0.1) is 13.4 Å². The van der Waals surface area contributed by atoms with E-state index in [2.05, 4.69) is 9.97 Å². The van der Waals surface area contributed by atoms with E-state index in [1.165, 1.54) is 14.1 Å². The maximum atomic E-state index is 12.5. The van der Waals surface area contributed by atoms with Gasteiger partial charge in [-0.25, -0.2) is 14.7 Å². The molecule has 1 atom stereocenters. The van der Waals surface area contributed by atoms with E-state index in [0.717, 1.165) is 11.2 Å². The van der Waals surface area contributed by atoms with Gasteiger partial charge in [-0.15, -0.1) is 0 Å². The van der Waals surface area contributed by atoms with Crippen LogP contribution in [-0.2, 0) is 14.4 Å². The molecule has 0 saturated carbocycles. The molecule has 1 saturated heterocycles. The Labute approximate surface area is 128 Å². The number of aromatic nitrogens is 2. The molecule has 0 spiro atoms. The fourth-order valence-corrected chi connectivity index (χ4v) is 2.41. The highest BCUT2D eigenvalue weighted by molar-refractivity contribution is 6.19. The summed E-state index contributed by atoms with van der Waals surface area (Å²) in [5.74, 6) is -2.12. The Morgan fingerprint density at radius 1 is 1.26 bits per heavy atom. The molecule has 3 rings (SSSR count). The Bertz CT molecular complexity index is 754. The van der Waals surface area contributed by atoms with Crippen molar-refractivity contribution in [3.63, 3.8) is 0 Å². The zero-order valence-electron chi connectivity index (χ0n) is 12.2. The lowest BCUT2D eigenvalue weighted by Gasteiger charge is -2.32. The second-order valence-corrected chi connectivity index (χ2v) is 5.19. The van der Waals surface area contributed by atoms with Crippen molar-refractivity contribution in [1.29, 1.82) is 0 Å². The summed E-state index contributed by atoms with van der Waals surface area (Å²) in [6.45, 7) is 0. The molecule has 1 fully saturated rings. The Kier molecular flexibility index (Phi) is 3.04. The summed E-state index contributed by atoms with van der Waals surface area (Å²) in [7, 11) is 2.37. The van der Waals surface area contributed by atoms with E-state index in [1.807, 2.05) is 0 Å². The highest BCUT2D eigenvalue weighted by atomic mass is 16.7. The van der Waals surface area contributed by atoms with Crippen LogP contribution in [0.15, 0.2) is 6.33 Å². The third kappa shape index (κ3) is 1.86. The predicted octanol–water partition coefficient (Wildman–Crippen LogP) is -0.247. The third-order valence-corrected chi connectivity index (χ3v) is 3.78. The highest BCUT2D eigenvalue weighted by Gasteiger charge is 2.58. The van der Waals surface area contributed by atoms with Crippen LogP contribution in [0.1, 0.15) is 23.3 Å². The number of rotatable bonds is 1. The van der Waals surface area contributed by atoms with Crippen molar-refractivity contribution in [1.82, 2.24) is 24.4 Å². The number of hydrogen-bond donors (Lipinski definition) is 1. The zero-order chi connectivity index (χ0) is 16.9. The first-order valence-corrected chi connectivity index (χ1v) is 6.59. The van der Waals surface area contributed by atoms with Crippen molar-refractivity contribution in [3.8, 4) is 0 Å². The van der Waals surface area contributed by atoms with Gasteiger partial charge >= 0.3 is 12.1 Å². The Morgan fingerprint density at radius 2 is 1.87 bits per heavy atom. The van der Waals surface area contributed by atoms with Crippen LogP contribution in [0.4, 0.5) is 15.4 Å². The Balaban J connectivity index is 2.00. The van der Waals surface area contributed by atoms with Gasteiger partial charge < -0.3 is 0 Å². The first-order chi connectivity index (χ1) is 10.8. The monoisotopic (exact) mass is 322 g/mol. The van der Waals surface area contributed by atoms with Crippen LogP contribution in [0, 0.1) is 0 Å². The second-order valence-electron chi connectivity index (χ2n) is 5.19. The van der Waals surface area contributed by atoms with Gasteiger partial charge in [0, 0.05) is 19.9 Å². The minimum Gasteiger partial charge on any atom is -0.298 e. The van der Waals surface area contributed by atoms with E-state index < -0.39 is 34.3 Å². The van der Waals surface area contributed by atoms with Gasteiger partial charge in [-0.2, -0.15) is 4.79 Å². The van der Waals surface area contributed by atoms with Gasteiger partial charge in [-0.05, 0) is 0 Å². The van der Waals surface area contributed by atoms with Crippen molar-refractivity contribution < 1.29 is 28.8 Å². The van der Waals surface area contributed by atoms with Crippen LogP contribution in [0.3, 0.4) is 0 Å². The smallest absolute Gasteiger partial charge is 0.298 e. The average Bonchev–Trinajstić information content (AvgIpc) is 3.13. The number of nitrogens with one attached hydrogen (secondary N) is 1. The van der Waals surface area contributed by atoms with Crippen LogP contribution in [0.5, 0.6) is 0 Å². The van der Waals surface area contributed by atoms with Crippen molar-refractivity contribution in [2.45, 2.75) is 12.8 Å². The molecule has 11 nitrogen and oxygen atoms in total. The number of H-pyrrole nitrogens is 1. The summed E-state index contributed by atoms with van der Waals surface area (Å²) in [4.78, 5) is 71.9. The standard InChI is InChI=1S/C12H11N5O6/c1-15-10(20)8-9(14-5-13-8)17(2,11(15)21)12(22)23-16-6(18)3-4-7(16)19/h5H,3-4H2,1-2H3/p+1. The molecule has 1 N–H and O–H groups in total.